The predicted molar refractivity (Wildman–Crippen MR) is 101 cm³/mol. The summed E-state index contributed by atoms with van der Waals surface area (Å²) < 4.78 is 5.59. The van der Waals surface area contributed by atoms with Crippen LogP contribution in [0.1, 0.15) is 6.92 Å². The molecule has 25 heavy (non-hydrogen) atoms. The number of carbonyl (C=O) groups excluding carboxylic acids is 1. The third kappa shape index (κ3) is 4.28. The molecular weight excluding hydrogens is 381 g/mol. The fourth-order valence-electron chi connectivity index (χ4n) is 2.00. The van der Waals surface area contributed by atoms with Crippen LogP contribution in [0.5, 0.6) is 5.75 Å². The molecule has 1 N–H and O–H groups in total. The maximum Gasteiger partial charge on any atom is 0.266 e. The van der Waals surface area contributed by atoms with E-state index in [1.165, 1.54) is 11.3 Å². The molecule has 0 spiro atoms. The minimum Gasteiger partial charge on any atom is -0.479 e. The van der Waals surface area contributed by atoms with E-state index in [4.69, 9.17) is 27.9 Å². The number of pyridine rings is 1. The monoisotopic (exact) mass is 393 g/mol. The van der Waals surface area contributed by atoms with Gasteiger partial charge in [-0.2, -0.15) is 0 Å². The average molecular weight is 394 g/mol. The normalized spacial score (nSPS) is 11.8. The molecule has 1 aromatic carbocycles. The highest BCUT2D eigenvalue weighted by Crippen LogP contribution is 2.32. The first-order valence-corrected chi connectivity index (χ1v) is 8.95. The second-order valence-electron chi connectivity index (χ2n) is 5.08. The van der Waals surface area contributed by atoms with E-state index in [-0.39, 0.29) is 10.9 Å². The van der Waals surface area contributed by atoms with Gasteiger partial charge in [-0.1, -0.05) is 29.3 Å². The number of ether oxygens (including phenoxy) is 1. The Labute approximate surface area is 158 Å². The third-order valence-corrected chi connectivity index (χ3v) is 4.84. The molecular formula is C17H13Cl2N3O2S. The summed E-state index contributed by atoms with van der Waals surface area (Å²) in [4.78, 5) is 20.7. The summed E-state index contributed by atoms with van der Waals surface area (Å²) in [6, 6.07) is 8.74. The molecule has 5 nitrogen and oxygen atoms in total. The van der Waals surface area contributed by atoms with Crippen molar-refractivity contribution in [1.82, 2.24) is 9.97 Å². The van der Waals surface area contributed by atoms with Crippen molar-refractivity contribution in [2.45, 2.75) is 13.0 Å². The molecule has 2 aromatic heterocycles. The zero-order valence-electron chi connectivity index (χ0n) is 13.1. The fraction of sp³-hybridized carbons (Fsp3) is 0.118. The van der Waals surface area contributed by atoms with E-state index in [1.54, 1.807) is 37.5 Å². The van der Waals surface area contributed by atoms with E-state index in [1.807, 2.05) is 17.5 Å². The topological polar surface area (TPSA) is 64.1 Å². The molecule has 0 radical (unpaired) electrons. The van der Waals surface area contributed by atoms with Crippen molar-refractivity contribution in [3.05, 3.63) is 58.2 Å². The summed E-state index contributed by atoms with van der Waals surface area (Å²) in [5.74, 6) is 0.0233. The lowest BCUT2D eigenvalue weighted by Crippen LogP contribution is -2.30. The van der Waals surface area contributed by atoms with E-state index in [2.05, 4.69) is 15.3 Å². The molecule has 0 aliphatic heterocycles. The molecule has 0 saturated carbocycles. The largest absolute Gasteiger partial charge is 0.479 e. The van der Waals surface area contributed by atoms with Crippen LogP contribution in [-0.2, 0) is 4.79 Å². The molecule has 0 aliphatic carbocycles. The van der Waals surface area contributed by atoms with Crippen molar-refractivity contribution in [2.75, 3.05) is 5.32 Å². The highest BCUT2D eigenvalue weighted by molar-refractivity contribution is 7.14. The predicted octanol–water partition coefficient (Wildman–Crippen LogP) is 4.92. The van der Waals surface area contributed by atoms with Crippen LogP contribution in [0.25, 0.3) is 11.3 Å². The van der Waals surface area contributed by atoms with Crippen molar-refractivity contribution in [3.8, 4) is 17.0 Å². The SMILES string of the molecule is CC(Oc1cccc(Cl)c1Cl)C(=O)Nc1nc(-c2cccnc2)cs1. The number of halogens is 2. The Balaban J connectivity index is 1.66. The molecule has 3 rings (SSSR count). The van der Waals surface area contributed by atoms with Crippen LogP contribution in [0, 0.1) is 0 Å². The highest BCUT2D eigenvalue weighted by atomic mass is 35.5. The lowest BCUT2D eigenvalue weighted by molar-refractivity contribution is -0.122. The standard InChI is InChI=1S/C17H13Cl2N3O2S/c1-10(24-14-6-2-5-12(18)15(14)19)16(23)22-17-21-13(9-25-17)11-4-3-7-20-8-11/h2-10H,1H3,(H,21,22,23). The van der Waals surface area contributed by atoms with Gasteiger partial charge in [0.05, 0.1) is 10.7 Å². The van der Waals surface area contributed by atoms with E-state index >= 15 is 0 Å². The lowest BCUT2D eigenvalue weighted by atomic mass is 10.2. The van der Waals surface area contributed by atoms with Gasteiger partial charge in [0.15, 0.2) is 11.2 Å². The Morgan fingerprint density at radius 3 is 2.88 bits per heavy atom. The number of hydrogen-bond acceptors (Lipinski definition) is 5. The minimum atomic E-state index is -0.762. The van der Waals surface area contributed by atoms with Crippen LogP contribution < -0.4 is 10.1 Å². The summed E-state index contributed by atoms with van der Waals surface area (Å²) in [5.41, 5.74) is 1.63. The van der Waals surface area contributed by atoms with Gasteiger partial charge in [0, 0.05) is 23.3 Å². The van der Waals surface area contributed by atoms with E-state index in [0.717, 1.165) is 11.3 Å². The number of benzene rings is 1. The van der Waals surface area contributed by atoms with Crippen molar-refractivity contribution in [3.63, 3.8) is 0 Å². The quantitative estimate of drug-likeness (QED) is 0.667. The number of rotatable bonds is 5. The molecule has 2 heterocycles. The maximum absolute atomic E-state index is 12.3. The molecule has 0 aliphatic rings. The summed E-state index contributed by atoms with van der Waals surface area (Å²) >= 11 is 13.3. The van der Waals surface area contributed by atoms with Gasteiger partial charge >= 0.3 is 0 Å². The number of anilines is 1. The Kier molecular flexibility index (Phi) is 5.53. The molecule has 3 aromatic rings. The molecule has 0 fully saturated rings. The summed E-state index contributed by atoms with van der Waals surface area (Å²) in [6.45, 7) is 1.63. The van der Waals surface area contributed by atoms with Gasteiger partial charge in [0.1, 0.15) is 10.8 Å². The van der Waals surface area contributed by atoms with Gasteiger partial charge in [-0.3, -0.25) is 15.1 Å². The average Bonchev–Trinajstić information content (AvgIpc) is 3.08. The molecule has 128 valence electrons. The molecule has 0 bridgehead atoms. The molecule has 1 amide bonds. The van der Waals surface area contributed by atoms with Gasteiger partial charge in [-0.05, 0) is 31.2 Å². The van der Waals surface area contributed by atoms with E-state index in [9.17, 15) is 4.79 Å². The van der Waals surface area contributed by atoms with Crippen molar-refractivity contribution in [1.29, 1.82) is 0 Å². The smallest absolute Gasteiger partial charge is 0.266 e. The van der Waals surface area contributed by atoms with Gasteiger partial charge in [-0.15, -0.1) is 11.3 Å². The van der Waals surface area contributed by atoms with Gasteiger partial charge in [-0.25, -0.2) is 4.98 Å². The van der Waals surface area contributed by atoms with Crippen molar-refractivity contribution < 1.29 is 9.53 Å². The number of hydrogen-bond donors (Lipinski definition) is 1. The summed E-state index contributed by atoms with van der Waals surface area (Å²) in [7, 11) is 0. The molecule has 1 atom stereocenters. The highest BCUT2D eigenvalue weighted by Gasteiger charge is 2.18. The minimum absolute atomic E-state index is 0.275. The van der Waals surface area contributed by atoms with Gasteiger partial charge in [0.2, 0.25) is 0 Å². The Bertz CT molecular complexity index is 887. The molecule has 0 saturated heterocycles. The number of nitrogens with one attached hydrogen (secondary N) is 1. The summed E-state index contributed by atoms with van der Waals surface area (Å²) in [6.07, 6.45) is 2.65. The second-order valence-corrected chi connectivity index (χ2v) is 6.72. The third-order valence-electron chi connectivity index (χ3n) is 3.28. The van der Waals surface area contributed by atoms with Crippen LogP contribution in [0.2, 0.25) is 10.0 Å². The zero-order valence-corrected chi connectivity index (χ0v) is 15.4. The van der Waals surface area contributed by atoms with Crippen LogP contribution in [0.15, 0.2) is 48.1 Å². The maximum atomic E-state index is 12.3. The van der Waals surface area contributed by atoms with E-state index < -0.39 is 6.10 Å². The van der Waals surface area contributed by atoms with Crippen molar-refractivity contribution >= 4 is 45.6 Å². The number of thiazole rings is 1. The first-order chi connectivity index (χ1) is 12.0. The molecule has 1 unspecified atom stereocenters. The summed E-state index contributed by atoms with van der Waals surface area (Å²) in [5, 5.41) is 5.71. The Morgan fingerprint density at radius 1 is 1.28 bits per heavy atom. The van der Waals surface area contributed by atoms with Gasteiger partial charge in [0.25, 0.3) is 5.91 Å². The first kappa shape index (κ1) is 17.7. The van der Waals surface area contributed by atoms with Crippen LogP contribution in [0.4, 0.5) is 5.13 Å². The van der Waals surface area contributed by atoms with Crippen molar-refractivity contribution in [2.24, 2.45) is 0 Å². The fourth-order valence-corrected chi connectivity index (χ4v) is 3.06. The van der Waals surface area contributed by atoms with E-state index in [0.29, 0.717) is 15.9 Å². The number of carbonyl (C=O) groups is 1. The Morgan fingerprint density at radius 2 is 2.12 bits per heavy atom. The zero-order chi connectivity index (χ0) is 17.8. The van der Waals surface area contributed by atoms with Crippen LogP contribution in [0.3, 0.4) is 0 Å². The lowest BCUT2D eigenvalue weighted by Gasteiger charge is -2.15. The first-order valence-electron chi connectivity index (χ1n) is 7.32. The number of aromatic nitrogens is 2. The van der Waals surface area contributed by atoms with Crippen LogP contribution >= 0.6 is 34.5 Å². The van der Waals surface area contributed by atoms with Gasteiger partial charge < -0.3 is 4.74 Å². The number of amides is 1. The molecule has 8 heteroatoms. The Hall–Kier alpha value is -2.15. The second kappa shape index (κ2) is 7.82. The number of nitrogens with zero attached hydrogens (tertiary/aromatic N) is 2. The van der Waals surface area contributed by atoms with Crippen LogP contribution in [-0.4, -0.2) is 22.0 Å².